The maximum absolute atomic E-state index is 13.4. The quantitative estimate of drug-likeness (QED) is 0.332. The zero-order valence-corrected chi connectivity index (χ0v) is 22.0. The second-order valence-electron chi connectivity index (χ2n) is 10.3. The highest BCUT2D eigenvalue weighted by Gasteiger charge is 2.57. The molecule has 0 aromatic carbocycles. The number of halogens is 2. The zero-order valence-electron chi connectivity index (χ0n) is 20.4. The van der Waals surface area contributed by atoms with Crippen molar-refractivity contribution in [3.05, 3.63) is 35.1 Å². The average Bonchev–Trinajstić information content (AvgIpc) is 3.45. The van der Waals surface area contributed by atoms with E-state index >= 15 is 0 Å². The average molecular weight is 542 g/mol. The Morgan fingerprint density at radius 2 is 1.97 bits per heavy atom. The van der Waals surface area contributed by atoms with Gasteiger partial charge in [0.1, 0.15) is 18.0 Å². The van der Waals surface area contributed by atoms with Crippen LogP contribution in [0, 0.1) is 17.3 Å². The predicted octanol–water partition coefficient (Wildman–Crippen LogP) is 3.45. The molecule has 3 aliphatic rings. The first-order valence-corrected chi connectivity index (χ1v) is 13.1. The number of esters is 1. The summed E-state index contributed by atoms with van der Waals surface area (Å²) in [5.41, 5.74) is -0.492. The number of epoxide rings is 1. The van der Waals surface area contributed by atoms with Crippen molar-refractivity contribution < 1.29 is 34.0 Å². The number of carbonyl (C=O) groups excluding carboxylic acids is 2. The van der Waals surface area contributed by atoms with Gasteiger partial charge in [-0.2, -0.15) is 0 Å². The molecule has 8 nitrogen and oxygen atoms in total. The van der Waals surface area contributed by atoms with Crippen molar-refractivity contribution in [1.29, 1.82) is 0 Å². The molecule has 10 heteroatoms. The van der Waals surface area contributed by atoms with Gasteiger partial charge in [-0.1, -0.05) is 49.5 Å². The number of aromatic nitrogens is 1. The number of nitrogens with zero attached hydrogens (tertiary/aromatic N) is 1. The van der Waals surface area contributed by atoms with Gasteiger partial charge in [0.2, 0.25) is 0 Å². The third kappa shape index (κ3) is 5.79. The molecule has 1 saturated carbocycles. The van der Waals surface area contributed by atoms with Crippen molar-refractivity contribution in [1.82, 2.24) is 4.98 Å². The van der Waals surface area contributed by atoms with Crippen LogP contribution >= 0.6 is 23.2 Å². The summed E-state index contributed by atoms with van der Waals surface area (Å²) >= 11 is 13.1. The van der Waals surface area contributed by atoms with Crippen molar-refractivity contribution in [3.63, 3.8) is 0 Å². The van der Waals surface area contributed by atoms with Gasteiger partial charge in [-0.3, -0.25) is 14.6 Å². The first-order valence-electron chi connectivity index (χ1n) is 12.4. The maximum atomic E-state index is 13.4. The predicted molar refractivity (Wildman–Crippen MR) is 133 cm³/mol. The number of aliphatic hydroxyl groups excluding tert-OH is 2. The van der Waals surface area contributed by atoms with E-state index in [1.807, 2.05) is 6.07 Å². The molecule has 7 atom stereocenters. The number of Topliss-reactive ketones (excluding diaryl/α,β-unsaturated/α-hetero) is 1. The molecule has 2 unspecified atom stereocenters. The van der Waals surface area contributed by atoms with Gasteiger partial charge in [-0.05, 0) is 31.1 Å². The van der Waals surface area contributed by atoms with E-state index in [1.165, 1.54) is 0 Å². The smallest absolute Gasteiger partial charge is 0.309 e. The monoisotopic (exact) mass is 541 g/mol. The summed E-state index contributed by atoms with van der Waals surface area (Å²) in [6.07, 6.45) is 1.13. The van der Waals surface area contributed by atoms with Gasteiger partial charge in [-0.25, -0.2) is 0 Å². The van der Waals surface area contributed by atoms with Crippen LogP contribution in [-0.4, -0.2) is 69.6 Å². The first-order chi connectivity index (χ1) is 17.1. The first kappa shape index (κ1) is 27.5. The van der Waals surface area contributed by atoms with Gasteiger partial charge in [0.25, 0.3) is 0 Å². The van der Waals surface area contributed by atoms with Crippen LogP contribution < -0.4 is 0 Å². The molecule has 0 bridgehead atoms. The Morgan fingerprint density at radius 1 is 1.22 bits per heavy atom. The number of aliphatic hydroxyl groups is 2. The minimum Gasteiger partial charge on any atom is -0.456 e. The van der Waals surface area contributed by atoms with Gasteiger partial charge in [0.15, 0.2) is 5.06 Å². The van der Waals surface area contributed by atoms with Crippen molar-refractivity contribution >= 4 is 41.0 Å². The SMILES string of the molecule is C[C@@H]1COCC2(Cl)OC2C[C@H](/C(Cl)=C/c2ccccn2)OC(=O)C[C@H](O)C2(CCC2)C(=O)[C@@H](C)[C@@H]1O. The molecule has 1 aromatic heterocycles. The number of fused-ring (bicyclic) bond motifs is 1. The maximum Gasteiger partial charge on any atom is 0.309 e. The Morgan fingerprint density at radius 3 is 2.61 bits per heavy atom. The van der Waals surface area contributed by atoms with E-state index in [1.54, 1.807) is 38.3 Å². The van der Waals surface area contributed by atoms with Gasteiger partial charge in [0.05, 0.1) is 48.0 Å². The largest absolute Gasteiger partial charge is 0.456 e. The normalized spacial score (nSPS) is 38.1. The Balaban J connectivity index is 1.58. The molecule has 2 saturated heterocycles. The summed E-state index contributed by atoms with van der Waals surface area (Å²) in [5, 5.41) is 21.0. The number of ketones is 1. The van der Waals surface area contributed by atoms with E-state index in [0.29, 0.717) is 18.5 Å². The summed E-state index contributed by atoms with van der Waals surface area (Å²) < 4.78 is 17.1. The molecule has 3 fully saturated rings. The fourth-order valence-electron chi connectivity index (χ4n) is 5.11. The van der Waals surface area contributed by atoms with E-state index in [0.717, 1.165) is 6.42 Å². The van der Waals surface area contributed by atoms with Crippen LogP contribution in [0.25, 0.3) is 6.08 Å². The van der Waals surface area contributed by atoms with Crippen molar-refractivity contribution in [3.8, 4) is 0 Å². The Hall–Kier alpha value is -1.55. The minimum absolute atomic E-state index is 0.0590. The lowest BCUT2D eigenvalue weighted by Crippen LogP contribution is -2.53. The number of rotatable bonds is 2. The summed E-state index contributed by atoms with van der Waals surface area (Å²) in [6, 6.07) is 5.35. The van der Waals surface area contributed by atoms with Gasteiger partial charge in [-0.15, -0.1) is 0 Å². The van der Waals surface area contributed by atoms with E-state index in [9.17, 15) is 19.8 Å². The number of cyclic esters (lactones) is 1. The number of pyridine rings is 1. The Bertz CT molecular complexity index is 986. The summed E-state index contributed by atoms with van der Waals surface area (Å²) in [5.74, 6) is -2.02. The standard InChI is InChI=1S/C26H33Cl2NO7/c1-15-13-34-14-26(28)21(36-26)11-19(18(27)10-17-6-3-4-9-29-17)35-22(31)12-20(30)25(7-5-8-25)24(33)16(2)23(15)32/h3-4,6,9-10,15-16,19-21,23,30,32H,5,7-8,11-14H2,1-2H3/b18-10-/t15-,16+,19-,20+,21?,23-,26?/m1/s1. The fraction of sp³-hybridized carbons (Fsp3) is 0.654. The second-order valence-corrected chi connectivity index (χ2v) is 11.3. The molecule has 2 aliphatic heterocycles. The van der Waals surface area contributed by atoms with E-state index < -0.39 is 46.8 Å². The minimum atomic E-state index is -1.23. The van der Waals surface area contributed by atoms with Gasteiger partial charge in [0, 0.05) is 24.5 Å². The van der Waals surface area contributed by atoms with Crippen LogP contribution in [0.2, 0.25) is 0 Å². The fourth-order valence-corrected chi connectivity index (χ4v) is 5.63. The molecule has 36 heavy (non-hydrogen) atoms. The van der Waals surface area contributed by atoms with Gasteiger partial charge < -0.3 is 24.4 Å². The number of carbonyl (C=O) groups is 2. The number of alkyl halides is 1. The molecule has 0 radical (unpaired) electrons. The summed E-state index contributed by atoms with van der Waals surface area (Å²) in [7, 11) is 0. The van der Waals surface area contributed by atoms with Crippen LogP contribution in [0.5, 0.6) is 0 Å². The van der Waals surface area contributed by atoms with E-state index in [-0.39, 0.29) is 42.8 Å². The van der Waals surface area contributed by atoms with Crippen LogP contribution in [0.1, 0.15) is 51.6 Å². The molecule has 198 valence electrons. The van der Waals surface area contributed by atoms with Crippen molar-refractivity contribution in [2.24, 2.45) is 17.3 Å². The van der Waals surface area contributed by atoms with Crippen molar-refractivity contribution in [2.45, 2.75) is 75.4 Å². The number of hydrogen-bond donors (Lipinski definition) is 2. The lowest BCUT2D eigenvalue weighted by molar-refractivity contribution is -0.161. The molecular weight excluding hydrogens is 509 g/mol. The molecule has 3 heterocycles. The summed E-state index contributed by atoms with van der Waals surface area (Å²) in [6.45, 7) is 3.68. The molecule has 4 rings (SSSR count). The number of ether oxygens (including phenoxy) is 3. The molecular formula is C26H33Cl2NO7. The highest BCUT2D eigenvalue weighted by Crippen LogP contribution is 2.49. The lowest BCUT2D eigenvalue weighted by Gasteiger charge is -2.46. The summed E-state index contributed by atoms with van der Waals surface area (Å²) in [4.78, 5) is 30.6. The lowest BCUT2D eigenvalue weighted by atomic mass is 9.59. The molecule has 1 aromatic rings. The number of hydrogen-bond acceptors (Lipinski definition) is 8. The van der Waals surface area contributed by atoms with Crippen LogP contribution in [0.4, 0.5) is 0 Å². The highest BCUT2D eigenvalue weighted by atomic mass is 35.5. The van der Waals surface area contributed by atoms with E-state index in [2.05, 4.69) is 4.98 Å². The van der Waals surface area contributed by atoms with Crippen LogP contribution in [0.3, 0.4) is 0 Å². The zero-order chi connectivity index (χ0) is 26.1. The third-order valence-corrected chi connectivity index (χ3v) is 8.46. The van der Waals surface area contributed by atoms with E-state index in [4.69, 9.17) is 37.4 Å². The van der Waals surface area contributed by atoms with Crippen LogP contribution in [0.15, 0.2) is 29.4 Å². The Kier molecular flexibility index (Phi) is 8.44. The molecule has 1 aliphatic carbocycles. The Labute approximate surface area is 220 Å². The van der Waals surface area contributed by atoms with Gasteiger partial charge >= 0.3 is 5.97 Å². The van der Waals surface area contributed by atoms with Crippen molar-refractivity contribution in [2.75, 3.05) is 13.2 Å². The third-order valence-electron chi connectivity index (χ3n) is 7.67. The highest BCUT2D eigenvalue weighted by molar-refractivity contribution is 6.32. The molecule has 0 amide bonds. The molecule has 1 spiro atoms. The topological polar surface area (TPSA) is 118 Å². The second kappa shape index (κ2) is 11.1. The molecule has 2 N–H and O–H groups in total. The van der Waals surface area contributed by atoms with Crippen LogP contribution in [-0.2, 0) is 23.8 Å².